The third-order valence-electron chi connectivity index (χ3n) is 4.33. The van der Waals surface area contributed by atoms with Gasteiger partial charge in [-0.1, -0.05) is 51.2 Å². The predicted molar refractivity (Wildman–Crippen MR) is 86.5 cm³/mol. The average Bonchev–Trinajstić information content (AvgIpc) is 2.50. The van der Waals surface area contributed by atoms with E-state index in [0.29, 0.717) is 12.8 Å². The third-order valence-corrected chi connectivity index (χ3v) is 4.33. The van der Waals surface area contributed by atoms with E-state index in [1.165, 1.54) is 32.1 Å². The zero-order valence-electron chi connectivity index (χ0n) is 13.9. The molecule has 0 spiro atoms. The lowest BCUT2D eigenvalue weighted by Gasteiger charge is -2.25. The molecule has 0 saturated carbocycles. The predicted octanol–water partition coefficient (Wildman–Crippen LogP) is 4.34. The first-order valence-corrected chi connectivity index (χ1v) is 8.64. The molecule has 0 heterocycles. The topological polar surface area (TPSA) is 63.6 Å². The van der Waals surface area contributed by atoms with Gasteiger partial charge in [0.1, 0.15) is 0 Å². The number of esters is 1. The van der Waals surface area contributed by atoms with Crippen molar-refractivity contribution in [3.8, 4) is 0 Å². The van der Waals surface area contributed by atoms with Gasteiger partial charge in [-0.25, -0.2) is 0 Å². The molecule has 4 nitrogen and oxygen atoms in total. The number of hydrogen-bond donors (Lipinski definition) is 1. The molecule has 0 amide bonds. The average molecular weight is 310 g/mol. The molecule has 3 atom stereocenters. The van der Waals surface area contributed by atoms with Crippen LogP contribution in [-0.4, -0.2) is 23.1 Å². The minimum absolute atomic E-state index is 0.126. The molecular weight excluding hydrogens is 280 g/mol. The van der Waals surface area contributed by atoms with Crippen molar-refractivity contribution in [2.24, 2.45) is 11.8 Å². The largest absolute Gasteiger partial charge is 0.481 e. The van der Waals surface area contributed by atoms with Crippen molar-refractivity contribution in [3.05, 3.63) is 12.2 Å². The zero-order valence-corrected chi connectivity index (χ0v) is 13.9. The molecule has 1 aliphatic carbocycles. The highest BCUT2D eigenvalue weighted by molar-refractivity contribution is 5.81. The fourth-order valence-electron chi connectivity index (χ4n) is 2.90. The second-order valence-electron chi connectivity index (χ2n) is 6.30. The third kappa shape index (κ3) is 6.63. The second kappa shape index (κ2) is 10.4. The van der Waals surface area contributed by atoms with Crippen LogP contribution in [0.4, 0.5) is 0 Å². The highest BCUT2D eigenvalue weighted by Crippen LogP contribution is 2.27. The van der Waals surface area contributed by atoms with Gasteiger partial charge in [0, 0.05) is 0 Å². The number of carboxylic acids is 1. The molecule has 0 saturated heterocycles. The molecular formula is C18H30O4. The fraction of sp³-hybridized carbons (Fsp3) is 0.778. The number of rotatable bonds is 10. The lowest BCUT2D eigenvalue weighted by molar-refractivity contribution is -0.161. The van der Waals surface area contributed by atoms with Gasteiger partial charge in [0.15, 0.2) is 0 Å². The standard InChI is InChI=1S/C18H30O4/c1-3-4-5-6-7-8-11-14(2)22-18(21)16-13-10-9-12-15(16)17(19)20/h9-10,14-16H,3-8,11-13H2,1-2H3,(H,19,20). The zero-order chi connectivity index (χ0) is 16.4. The Labute approximate surface area is 133 Å². The van der Waals surface area contributed by atoms with Crippen molar-refractivity contribution < 1.29 is 19.4 Å². The molecule has 4 heteroatoms. The van der Waals surface area contributed by atoms with Gasteiger partial charge in [0.25, 0.3) is 0 Å². The van der Waals surface area contributed by atoms with E-state index in [9.17, 15) is 14.7 Å². The summed E-state index contributed by atoms with van der Waals surface area (Å²) in [5.74, 6) is -2.43. The molecule has 0 fully saturated rings. The van der Waals surface area contributed by atoms with Crippen molar-refractivity contribution in [1.29, 1.82) is 0 Å². The lowest BCUT2D eigenvalue weighted by Crippen LogP contribution is -2.33. The van der Waals surface area contributed by atoms with Crippen LogP contribution in [0, 0.1) is 11.8 Å². The lowest BCUT2D eigenvalue weighted by atomic mass is 9.83. The molecule has 0 bridgehead atoms. The Hall–Kier alpha value is -1.32. The van der Waals surface area contributed by atoms with Gasteiger partial charge >= 0.3 is 11.9 Å². The van der Waals surface area contributed by atoms with E-state index in [1.54, 1.807) is 0 Å². The maximum absolute atomic E-state index is 12.2. The number of allylic oxidation sites excluding steroid dienone is 2. The second-order valence-corrected chi connectivity index (χ2v) is 6.30. The number of carboxylic acid groups (broad SMARTS) is 1. The summed E-state index contributed by atoms with van der Waals surface area (Å²) < 4.78 is 5.46. The number of carbonyl (C=O) groups is 2. The van der Waals surface area contributed by atoms with E-state index in [4.69, 9.17) is 4.74 Å². The Kier molecular flexibility index (Phi) is 8.86. The Bertz CT molecular complexity index is 375. The molecule has 1 aliphatic rings. The maximum atomic E-state index is 12.2. The van der Waals surface area contributed by atoms with Gasteiger partial charge in [0.05, 0.1) is 17.9 Å². The summed E-state index contributed by atoms with van der Waals surface area (Å²) >= 11 is 0. The normalized spacial score (nSPS) is 22.3. The quantitative estimate of drug-likeness (QED) is 0.370. The van der Waals surface area contributed by atoms with E-state index in [-0.39, 0.29) is 12.1 Å². The first-order chi connectivity index (χ1) is 10.6. The Morgan fingerprint density at radius 2 is 1.68 bits per heavy atom. The van der Waals surface area contributed by atoms with Gasteiger partial charge < -0.3 is 9.84 Å². The van der Waals surface area contributed by atoms with Crippen LogP contribution in [0.25, 0.3) is 0 Å². The van der Waals surface area contributed by atoms with Crippen LogP contribution in [-0.2, 0) is 14.3 Å². The highest BCUT2D eigenvalue weighted by Gasteiger charge is 2.35. The monoisotopic (exact) mass is 310 g/mol. The fourth-order valence-corrected chi connectivity index (χ4v) is 2.90. The van der Waals surface area contributed by atoms with Crippen molar-refractivity contribution in [2.75, 3.05) is 0 Å². The van der Waals surface area contributed by atoms with Gasteiger partial charge in [-0.3, -0.25) is 9.59 Å². The summed E-state index contributed by atoms with van der Waals surface area (Å²) in [6.45, 7) is 4.10. The minimum atomic E-state index is -0.908. The van der Waals surface area contributed by atoms with Gasteiger partial charge in [0.2, 0.25) is 0 Å². The first-order valence-electron chi connectivity index (χ1n) is 8.64. The molecule has 3 unspecified atom stereocenters. The number of aliphatic carboxylic acids is 1. The number of carbonyl (C=O) groups excluding carboxylic acids is 1. The van der Waals surface area contributed by atoms with E-state index < -0.39 is 17.8 Å². The summed E-state index contributed by atoms with van der Waals surface area (Å²) in [6, 6.07) is 0. The van der Waals surface area contributed by atoms with E-state index in [0.717, 1.165) is 12.8 Å². The summed E-state index contributed by atoms with van der Waals surface area (Å²) in [7, 11) is 0. The Morgan fingerprint density at radius 3 is 2.32 bits per heavy atom. The molecule has 1 rings (SSSR count). The first kappa shape index (κ1) is 18.7. The van der Waals surface area contributed by atoms with Crippen LogP contribution >= 0.6 is 0 Å². The molecule has 126 valence electrons. The summed E-state index contributed by atoms with van der Waals surface area (Å²) in [5, 5.41) is 9.19. The van der Waals surface area contributed by atoms with Crippen LogP contribution < -0.4 is 0 Å². The van der Waals surface area contributed by atoms with Crippen LogP contribution in [0.3, 0.4) is 0 Å². The van der Waals surface area contributed by atoms with Crippen LogP contribution in [0.15, 0.2) is 12.2 Å². The van der Waals surface area contributed by atoms with Crippen LogP contribution in [0.5, 0.6) is 0 Å². The number of hydrogen-bond acceptors (Lipinski definition) is 3. The number of ether oxygens (including phenoxy) is 1. The summed E-state index contributed by atoms with van der Waals surface area (Å²) in [6.07, 6.45) is 12.6. The molecule has 0 aromatic rings. The van der Waals surface area contributed by atoms with Gasteiger partial charge in [-0.15, -0.1) is 0 Å². The van der Waals surface area contributed by atoms with E-state index in [1.807, 2.05) is 19.1 Å². The summed E-state index contributed by atoms with van der Waals surface area (Å²) in [5.41, 5.74) is 0. The smallest absolute Gasteiger partial charge is 0.310 e. The van der Waals surface area contributed by atoms with Crippen molar-refractivity contribution in [2.45, 2.75) is 77.7 Å². The van der Waals surface area contributed by atoms with Crippen LogP contribution in [0.2, 0.25) is 0 Å². The highest BCUT2D eigenvalue weighted by atomic mass is 16.5. The Morgan fingerprint density at radius 1 is 1.09 bits per heavy atom. The minimum Gasteiger partial charge on any atom is -0.481 e. The van der Waals surface area contributed by atoms with Gasteiger partial charge in [-0.2, -0.15) is 0 Å². The maximum Gasteiger partial charge on any atom is 0.310 e. The number of unbranched alkanes of at least 4 members (excludes halogenated alkanes) is 5. The summed E-state index contributed by atoms with van der Waals surface area (Å²) in [4.78, 5) is 23.4. The van der Waals surface area contributed by atoms with Crippen molar-refractivity contribution in [1.82, 2.24) is 0 Å². The Balaban J connectivity index is 2.28. The van der Waals surface area contributed by atoms with Crippen molar-refractivity contribution in [3.63, 3.8) is 0 Å². The molecule has 0 aromatic carbocycles. The molecule has 0 radical (unpaired) electrons. The van der Waals surface area contributed by atoms with E-state index >= 15 is 0 Å². The van der Waals surface area contributed by atoms with Gasteiger partial charge in [-0.05, 0) is 32.6 Å². The molecule has 1 N–H and O–H groups in total. The van der Waals surface area contributed by atoms with Crippen LogP contribution in [0.1, 0.15) is 71.6 Å². The molecule has 22 heavy (non-hydrogen) atoms. The SMILES string of the molecule is CCCCCCCCC(C)OC(=O)C1CC=CCC1C(=O)O. The molecule has 0 aromatic heterocycles. The molecule has 0 aliphatic heterocycles. The van der Waals surface area contributed by atoms with Crippen molar-refractivity contribution >= 4 is 11.9 Å². The van der Waals surface area contributed by atoms with E-state index in [2.05, 4.69) is 6.92 Å².